The standard InChI is InChI=1S/C13H28N2S/c1-11(2)7-14-8-13-5-6-15(10-13)9-12(3)16-4/h11-14H,5-10H2,1-4H3. The second kappa shape index (κ2) is 7.57. The third-order valence-corrected chi connectivity index (χ3v) is 4.23. The molecule has 3 heteroatoms. The fraction of sp³-hybridized carbons (Fsp3) is 1.00. The summed E-state index contributed by atoms with van der Waals surface area (Å²) in [4.78, 5) is 2.63. The number of rotatable bonds is 7. The van der Waals surface area contributed by atoms with Crippen molar-refractivity contribution in [3.8, 4) is 0 Å². The van der Waals surface area contributed by atoms with Crippen LogP contribution in [-0.2, 0) is 0 Å². The van der Waals surface area contributed by atoms with E-state index in [1.807, 2.05) is 11.8 Å². The maximum Gasteiger partial charge on any atom is 0.0143 e. The lowest BCUT2D eigenvalue weighted by atomic mass is 10.1. The Labute approximate surface area is 106 Å². The number of hydrogen-bond acceptors (Lipinski definition) is 3. The summed E-state index contributed by atoms with van der Waals surface area (Å²) >= 11 is 1.98. The molecule has 0 saturated carbocycles. The average Bonchev–Trinajstić information content (AvgIpc) is 2.65. The van der Waals surface area contributed by atoms with Gasteiger partial charge >= 0.3 is 0 Å². The fourth-order valence-electron chi connectivity index (χ4n) is 2.26. The van der Waals surface area contributed by atoms with Gasteiger partial charge < -0.3 is 10.2 Å². The SMILES string of the molecule is CSC(C)CN1CCC(CNCC(C)C)C1. The molecule has 0 bridgehead atoms. The Hall–Kier alpha value is 0.270. The van der Waals surface area contributed by atoms with E-state index in [-0.39, 0.29) is 0 Å². The molecule has 16 heavy (non-hydrogen) atoms. The van der Waals surface area contributed by atoms with Crippen LogP contribution >= 0.6 is 11.8 Å². The first-order valence-electron chi connectivity index (χ1n) is 6.57. The molecule has 1 heterocycles. The highest BCUT2D eigenvalue weighted by molar-refractivity contribution is 7.99. The summed E-state index contributed by atoms with van der Waals surface area (Å²) < 4.78 is 0. The van der Waals surface area contributed by atoms with Crippen LogP contribution in [0.5, 0.6) is 0 Å². The molecule has 1 saturated heterocycles. The van der Waals surface area contributed by atoms with Gasteiger partial charge in [-0.25, -0.2) is 0 Å². The second-order valence-corrected chi connectivity index (χ2v) is 6.79. The van der Waals surface area contributed by atoms with Gasteiger partial charge in [0, 0.05) is 18.3 Å². The summed E-state index contributed by atoms with van der Waals surface area (Å²) in [5.74, 6) is 1.65. The molecule has 1 aliphatic heterocycles. The number of likely N-dealkylation sites (tertiary alicyclic amines) is 1. The number of thioether (sulfide) groups is 1. The molecule has 1 fully saturated rings. The van der Waals surface area contributed by atoms with Crippen molar-refractivity contribution in [3.63, 3.8) is 0 Å². The van der Waals surface area contributed by atoms with E-state index in [9.17, 15) is 0 Å². The molecule has 0 aromatic heterocycles. The number of hydrogen-bond donors (Lipinski definition) is 1. The van der Waals surface area contributed by atoms with Crippen LogP contribution in [-0.4, -0.2) is 49.1 Å². The predicted octanol–water partition coefficient (Wildman–Crippen LogP) is 2.31. The second-order valence-electron chi connectivity index (χ2n) is 5.51. The maximum atomic E-state index is 3.58. The minimum absolute atomic E-state index is 0.772. The predicted molar refractivity (Wildman–Crippen MR) is 75.2 cm³/mol. The number of nitrogens with one attached hydrogen (secondary N) is 1. The summed E-state index contributed by atoms with van der Waals surface area (Å²) in [5.41, 5.74) is 0. The fourth-order valence-corrected chi connectivity index (χ4v) is 2.62. The zero-order valence-electron chi connectivity index (χ0n) is 11.3. The zero-order chi connectivity index (χ0) is 12.0. The van der Waals surface area contributed by atoms with Crippen molar-refractivity contribution < 1.29 is 0 Å². The van der Waals surface area contributed by atoms with Crippen molar-refractivity contribution in [2.75, 3.05) is 39.0 Å². The molecule has 0 spiro atoms. The van der Waals surface area contributed by atoms with Gasteiger partial charge in [-0.2, -0.15) is 11.8 Å². The summed E-state index contributed by atoms with van der Waals surface area (Å²) in [5, 5.41) is 4.36. The van der Waals surface area contributed by atoms with Crippen molar-refractivity contribution in [1.82, 2.24) is 10.2 Å². The Morgan fingerprint density at radius 2 is 2.12 bits per heavy atom. The Balaban J connectivity index is 2.10. The van der Waals surface area contributed by atoms with Crippen molar-refractivity contribution in [1.29, 1.82) is 0 Å². The lowest BCUT2D eigenvalue weighted by molar-refractivity contribution is 0.325. The van der Waals surface area contributed by atoms with Crippen molar-refractivity contribution in [3.05, 3.63) is 0 Å². The third-order valence-electron chi connectivity index (χ3n) is 3.27. The first-order valence-corrected chi connectivity index (χ1v) is 7.86. The smallest absolute Gasteiger partial charge is 0.0143 e. The minimum Gasteiger partial charge on any atom is -0.316 e. The van der Waals surface area contributed by atoms with Gasteiger partial charge in [0.15, 0.2) is 0 Å². The Kier molecular flexibility index (Phi) is 6.78. The van der Waals surface area contributed by atoms with Gasteiger partial charge in [-0.05, 0) is 44.1 Å². The van der Waals surface area contributed by atoms with E-state index >= 15 is 0 Å². The topological polar surface area (TPSA) is 15.3 Å². The average molecular weight is 244 g/mol. The van der Waals surface area contributed by atoms with E-state index in [1.165, 1.54) is 32.6 Å². The normalized spacial score (nSPS) is 24.2. The van der Waals surface area contributed by atoms with Crippen LogP contribution in [0.15, 0.2) is 0 Å². The van der Waals surface area contributed by atoms with Crippen LogP contribution in [0.3, 0.4) is 0 Å². The van der Waals surface area contributed by atoms with Gasteiger partial charge in [0.1, 0.15) is 0 Å². The van der Waals surface area contributed by atoms with Gasteiger partial charge in [-0.15, -0.1) is 0 Å². The molecule has 0 aliphatic carbocycles. The van der Waals surface area contributed by atoms with Crippen molar-refractivity contribution >= 4 is 11.8 Å². The van der Waals surface area contributed by atoms with Gasteiger partial charge in [0.25, 0.3) is 0 Å². The molecule has 1 rings (SSSR count). The summed E-state index contributed by atoms with van der Waals surface area (Å²) in [6, 6.07) is 0. The van der Waals surface area contributed by atoms with Crippen LogP contribution < -0.4 is 5.32 Å². The molecule has 1 N–H and O–H groups in total. The van der Waals surface area contributed by atoms with Gasteiger partial charge in [-0.1, -0.05) is 20.8 Å². The van der Waals surface area contributed by atoms with Crippen molar-refractivity contribution in [2.24, 2.45) is 11.8 Å². The van der Waals surface area contributed by atoms with Gasteiger partial charge in [0.2, 0.25) is 0 Å². The summed E-state index contributed by atoms with van der Waals surface area (Å²) in [6.45, 7) is 13.1. The minimum atomic E-state index is 0.772. The van der Waals surface area contributed by atoms with Crippen LogP contribution in [0, 0.1) is 11.8 Å². The molecule has 2 atom stereocenters. The van der Waals surface area contributed by atoms with Gasteiger partial charge in [0.05, 0.1) is 0 Å². The highest BCUT2D eigenvalue weighted by Crippen LogP contribution is 2.18. The first-order chi connectivity index (χ1) is 7.61. The highest BCUT2D eigenvalue weighted by atomic mass is 32.2. The quantitative estimate of drug-likeness (QED) is 0.740. The molecular formula is C13H28N2S. The van der Waals surface area contributed by atoms with E-state index in [0.717, 1.165) is 23.6 Å². The van der Waals surface area contributed by atoms with E-state index < -0.39 is 0 Å². The molecule has 0 aromatic carbocycles. The Morgan fingerprint density at radius 3 is 2.75 bits per heavy atom. The van der Waals surface area contributed by atoms with Crippen LogP contribution in [0.4, 0.5) is 0 Å². The van der Waals surface area contributed by atoms with Crippen LogP contribution in [0.2, 0.25) is 0 Å². The van der Waals surface area contributed by atoms with Gasteiger partial charge in [-0.3, -0.25) is 0 Å². The lowest BCUT2D eigenvalue weighted by Gasteiger charge is -2.19. The summed E-state index contributed by atoms with van der Waals surface area (Å²) in [7, 11) is 0. The zero-order valence-corrected chi connectivity index (χ0v) is 12.1. The maximum absolute atomic E-state index is 3.58. The molecule has 2 nitrogen and oxygen atoms in total. The Bertz CT molecular complexity index is 185. The molecule has 0 aromatic rings. The molecule has 0 radical (unpaired) electrons. The molecular weight excluding hydrogens is 216 g/mol. The molecule has 96 valence electrons. The first kappa shape index (κ1) is 14.3. The molecule has 1 aliphatic rings. The summed E-state index contributed by atoms with van der Waals surface area (Å²) in [6.07, 6.45) is 3.59. The Morgan fingerprint density at radius 1 is 1.38 bits per heavy atom. The monoisotopic (exact) mass is 244 g/mol. The van der Waals surface area contributed by atoms with Crippen LogP contribution in [0.1, 0.15) is 27.2 Å². The van der Waals surface area contributed by atoms with E-state index in [0.29, 0.717) is 0 Å². The lowest BCUT2D eigenvalue weighted by Crippen LogP contribution is -2.31. The number of nitrogens with zero attached hydrogens (tertiary/aromatic N) is 1. The largest absolute Gasteiger partial charge is 0.316 e. The van der Waals surface area contributed by atoms with E-state index in [4.69, 9.17) is 0 Å². The highest BCUT2D eigenvalue weighted by Gasteiger charge is 2.22. The van der Waals surface area contributed by atoms with E-state index in [1.54, 1.807) is 0 Å². The molecule has 2 unspecified atom stereocenters. The third kappa shape index (κ3) is 5.55. The van der Waals surface area contributed by atoms with E-state index in [2.05, 4.69) is 37.2 Å². The van der Waals surface area contributed by atoms with Crippen LogP contribution in [0.25, 0.3) is 0 Å². The van der Waals surface area contributed by atoms with Crippen molar-refractivity contribution in [2.45, 2.75) is 32.4 Å². The molecule has 0 amide bonds.